The lowest BCUT2D eigenvalue weighted by atomic mass is 10.1. The molecule has 0 aliphatic rings. The third-order valence-electron chi connectivity index (χ3n) is 3.47. The van der Waals surface area contributed by atoms with Gasteiger partial charge in [-0.3, -0.25) is 9.59 Å². The molecule has 0 fully saturated rings. The first-order chi connectivity index (χ1) is 10.9. The van der Waals surface area contributed by atoms with Gasteiger partial charge in [0.25, 0.3) is 11.8 Å². The Kier molecular flexibility index (Phi) is 5.39. The maximum absolute atomic E-state index is 12.3. The van der Waals surface area contributed by atoms with Crippen LogP contribution in [-0.4, -0.2) is 17.9 Å². The average molecular weight is 332 g/mol. The molecule has 1 heterocycles. The van der Waals surface area contributed by atoms with E-state index in [1.165, 1.54) is 11.3 Å². The number of benzene rings is 1. The highest BCUT2D eigenvalue weighted by atomic mass is 32.1. The molecule has 6 heteroatoms. The Labute approximate surface area is 139 Å². The zero-order chi connectivity index (χ0) is 17.0. The van der Waals surface area contributed by atoms with Crippen molar-refractivity contribution < 1.29 is 14.3 Å². The second kappa shape index (κ2) is 7.28. The van der Waals surface area contributed by atoms with Crippen LogP contribution in [0.25, 0.3) is 0 Å². The summed E-state index contributed by atoms with van der Waals surface area (Å²) >= 11 is 1.36. The second-order valence-corrected chi connectivity index (χ2v) is 6.35. The number of hydrogen-bond donors (Lipinski definition) is 2. The molecule has 0 saturated heterocycles. The molecular weight excluding hydrogens is 312 g/mol. The van der Waals surface area contributed by atoms with Gasteiger partial charge in [-0.25, -0.2) is 0 Å². The van der Waals surface area contributed by atoms with Crippen molar-refractivity contribution in [2.24, 2.45) is 5.73 Å². The molecular formula is C17H20N2O3S. The number of aryl methyl sites for hydroxylation is 1. The molecule has 2 aromatic rings. The number of carbonyl (C=O) groups is 2. The fourth-order valence-electron chi connectivity index (χ4n) is 2.32. The summed E-state index contributed by atoms with van der Waals surface area (Å²) in [5.41, 5.74) is 6.75. The monoisotopic (exact) mass is 332 g/mol. The summed E-state index contributed by atoms with van der Waals surface area (Å²) in [4.78, 5) is 25.0. The number of ether oxygens (including phenoxy) is 1. The third kappa shape index (κ3) is 3.90. The molecule has 3 N–H and O–H groups in total. The highest BCUT2D eigenvalue weighted by Crippen LogP contribution is 2.33. The van der Waals surface area contributed by atoms with Gasteiger partial charge in [-0.2, -0.15) is 0 Å². The first kappa shape index (κ1) is 17.0. The zero-order valence-corrected chi connectivity index (χ0v) is 14.2. The maximum Gasteiger partial charge on any atom is 0.265 e. The Morgan fingerprint density at radius 2 is 1.96 bits per heavy atom. The van der Waals surface area contributed by atoms with Crippen LogP contribution >= 0.6 is 11.3 Å². The van der Waals surface area contributed by atoms with E-state index in [2.05, 4.69) is 5.32 Å². The van der Waals surface area contributed by atoms with Crippen molar-refractivity contribution >= 4 is 28.2 Å². The number of primary amides is 1. The number of hydrogen-bond acceptors (Lipinski definition) is 4. The van der Waals surface area contributed by atoms with E-state index < -0.39 is 12.0 Å². The van der Waals surface area contributed by atoms with Gasteiger partial charge in [0.05, 0.1) is 5.56 Å². The van der Waals surface area contributed by atoms with E-state index in [1.807, 2.05) is 32.0 Å². The van der Waals surface area contributed by atoms with Crippen LogP contribution in [0.5, 0.6) is 5.75 Å². The minimum atomic E-state index is -0.689. The largest absolute Gasteiger partial charge is 0.481 e. The number of nitrogens with two attached hydrogens (primary N) is 1. The summed E-state index contributed by atoms with van der Waals surface area (Å²) in [7, 11) is 0. The van der Waals surface area contributed by atoms with Gasteiger partial charge in [-0.15, -0.1) is 11.3 Å². The first-order valence-electron chi connectivity index (χ1n) is 7.38. The van der Waals surface area contributed by atoms with Gasteiger partial charge in [0.1, 0.15) is 10.8 Å². The molecule has 0 saturated carbocycles. The summed E-state index contributed by atoms with van der Waals surface area (Å²) in [5, 5.41) is 3.25. The standard InChI is InChI=1S/C17H20N2O3S/c1-4-13-11(3)23-17(14(13)15(18)20)19-16(21)10(2)22-12-8-6-5-7-9-12/h5-10H,4H2,1-3H3,(H2,18,20)(H,19,21). The Hall–Kier alpha value is -2.34. The lowest BCUT2D eigenvalue weighted by Crippen LogP contribution is -2.30. The molecule has 0 bridgehead atoms. The third-order valence-corrected chi connectivity index (χ3v) is 4.53. The minimum Gasteiger partial charge on any atom is -0.481 e. The fraction of sp³-hybridized carbons (Fsp3) is 0.294. The van der Waals surface area contributed by atoms with Crippen molar-refractivity contribution in [2.75, 3.05) is 5.32 Å². The smallest absolute Gasteiger partial charge is 0.265 e. The van der Waals surface area contributed by atoms with E-state index in [0.717, 1.165) is 10.4 Å². The van der Waals surface area contributed by atoms with Gasteiger partial charge in [0.15, 0.2) is 6.10 Å². The normalized spacial score (nSPS) is 11.8. The van der Waals surface area contributed by atoms with E-state index in [9.17, 15) is 9.59 Å². The predicted octanol–water partition coefficient (Wildman–Crippen LogP) is 3.12. The highest BCUT2D eigenvalue weighted by molar-refractivity contribution is 7.16. The molecule has 2 rings (SSSR count). The molecule has 1 unspecified atom stereocenters. The maximum atomic E-state index is 12.3. The van der Waals surface area contributed by atoms with Crippen molar-refractivity contribution in [3.63, 3.8) is 0 Å². The van der Waals surface area contributed by atoms with E-state index in [0.29, 0.717) is 22.7 Å². The quantitative estimate of drug-likeness (QED) is 0.853. The van der Waals surface area contributed by atoms with Crippen LogP contribution in [0.15, 0.2) is 30.3 Å². The molecule has 2 amide bonds. The van der Waals surface area contributed by atoms with Gasteiger partial charge >= 0.3 is 0 Å². The number of thiophene rings is 1. The average Bonchev–Trinajstić information content (AvgIpc) is 2.83. The van der Waals surface area contributed by atoms with Gasteiger partial charge in [-0.05, 0) is 38.0 Å². The summed E-state index contributed by atoms with van der Waals surface area (Å²) < 4.78 is 5.59. The van der Waals surface area contributed by atoms with E-state index in [4.69, 9.17) is 10.5 Å². The SMILES string of the molecule is CCc1c(C)sc(NC(=O)C(C)Oc2ccccc2)c1C(N)=O. The highest BCUT2D eigenvalue weighted by Gasteiger charge is 2.23. The Bertz CT molecular complexity index is 710. The van der Waals surface area contributed by atoms with Crippen molar-refractivity contribution in [3.05, 3.63) is 46.3 Å². The van der Waals surface area contributed by atoms with E-state index >= 15 is 0 Å². The van der Waals surface area contributed by atoms with Crippen molar-refractivity contribution in [1.82, 2.24) is 0 Å². The molecule has 0 aliphatic carbocycles. The van der Waals surface area contributed by atoms with Crippen molar-refractivity contribution in [1.29, 1.82) is 0 Å². The van der Waals surface area contributed by atoms with Gasteiger partial charge in [-0.1, -0.05) is 25.1 Å². The number of para-hydroxylation sites is 1. The molecule has 23 heavy (non-hydrogen) atoms. The number of carbonyl (C=O) groups excluding carboxylic acids is 2. The van der Waals surface area contributed by atoms with Crippen LogP contribution in [0.1, 0.15) is 34.6 Å². The van der Waals surface area contributed by atoms with Gasteiger partial charge in [0, 0.05) is 4.88 Å². The Morgan fingerprint density at radius 3 is 2.52 bits per heavy atom. The molecule has 1 aromatic carbocycles. The zero-order valence-electron chi connectivity index (χ0n) is 13.4. The van der Waals surface area contributed by atoms with Crippen LogP contribution in [0.2, 0.25) is 0 Å². The molecule has 122 valence electrons. The molecule has 1 atom stereocenters. The number of amides is 2. The Morgan fingerprint density at radius 1 is 1.30 bits per heavy atom. The molecule has 0 radical (unpaired) electrons. The minimum absolute atomic E-state index is 0.319. The van der Waals surface area contributed by atoms with Gasteiger partial charge < -0.3 is 15.8 Å². The lowest BCUT2D eigenvalue weighted by molar-refractivity contribution is -0.122. The van der Waals surface area contributed by atoms with Gasteiger partial charge in [0.2, 0.25) is 0 Å². The van der Waals surface area contributed by atoms with Crippen LogP contribution in [0, 0.1) is 6.92 Å². The summed E-state index contributed by atoms with van der Waals surface area (Å²) in [6.45, 7) is 5.52. The number of nitrogens with one attached hydrogen (secondary N) is 1. The van der Waals surface area contributed by atoms with Crippen LogP contribution in [-0.2, 0) is 11.2 Å². The molecule has 0 spiro atoms. The molecule has 5 nitrogen and oxygen atoms in total. The molecule has 0 aliphatic heterocycles. The lowest BCUT2D eigenvalue weighted by Gasteiger charge is -2.14. The van der Waals surface area contributed by atoms with Crippen LogP contribution in [0.3, 0.4) is 0 Å². The number of anilines is 1. The van der Waals surface area contributed by atoms with E-state index in [1.54, 1.807) is 19.1 Å². The predicted molar refractivity (Wildman–Crippen MR) is 92.1 cm³/mol. The molecule has 1 aromatic heterocycles. The topological polar surface area (TPSA) is 81.4 Å². The fourth-order valence-corrected chi connectivity index (χ4v) is 3.48. The number of rotatable bonds is 6. The Balaban J connectivity index is 2.15. The first-order valence-corrected chi connectivity index (χ1v) is 8.20. The summed E-state index contributed by atoms with van der Waals surface area (Å²) in [5.74, 6) is -0.236. The van der Waals surface area contributed by atoms with Crippen molar-refractivity contribution in [3.8, 4) is 5.75 Å². The second-order valence-electron chi connectivity index (χ2n) is 5.12. The van der Waals surface area contributed by atoms with E-state index in [-0.39, 0.29) is 5.91 Å². The van der Waals surface area contributed by atoms with Crippen molar-refractivity contribution in [2.45, 2.75) is 33.3 Å². The summed E-state index contributed by atoms with van der Waals surface area (Å²) in [6, 6.07) is 9.10. The summed E-state index contributed by atoms with van der Waals surface area (Å²) in [6.07, 6.45) is -0.00220. The van der Waals surface area contributed by atoms with Crippen LogP contribution in [0.4, 0.5) is 5.00 Å². The van der Waals surface area contributed by atoms with Crippen LogP contribution < -0.4 is 15.8 Å².